The number of benzene rings is 1. The maximum absolute atomic E-state index is 11.9. The Morgan fingerprint density at radius 2 is 2.12 bits per heavy atom. The Hall–Kier alpha value is -1.77. The van der Waals surface area contributed by atoms with Gasteiger partial charge in [-0.2, -0.15) is 0 Å². The van der Waals surface area contributed by atoms with E-state index >= 15 is 0 Å². The van der Waals surface area contributed by atoms with E-state index in [2.05, 4.69) is 0 Å². The van der Waals surface area contributed by atoms with Crippen LogP contribution in [0.1, 0.15) is 18.4 Å². The molecule has 0 fully saturated rings. The zero-order valence-corrected chi connectivity index (χ0v) is 8.97. The Bertz CT molecular complexity index is 476. The molecule has 1 aromatic carbocycles. The van der Waals surface area contributed by atoms with Crippen molar-refractivity contribution < 1.29 is 14.3 Å². The minimum absolute atomic E-state index is 0.108. The summed E-state index contributed by atoms with van der Waals surface area (Å²) in [6.45, 7) is 2.35. The van der Waals surface area contributed by atoms with Gasteiger partial charge in [-0.1, -0.05) is 18.2 Å². The van der Waals surface area contributed by atoms with Crippen LogP contribution in [0.25, 0.3) is 0 Å². The first-order valence-electron chi connectivity index (χ1n) is 5.37. The van der Waals surface area contributed by atoms with Gasteiger partial charge in [0.1, 0.15) is 11.5 Å². The van der Waals surface area contributed by atoms with Crippen LogP contribution >= 0.6 is 0 Å². The van der Waals surface area contributed by atoms with Gasteiger partial charge in [0.05, 0.1) is 12.5 Å². The predicted octanol–water partition coefficient (Wildman–Crippen LogP) is 2.24. The molecule has 0 radical (unpaired) electrons. The normalized spacial score (nSPS) is 27.1. The van der Waals surface area contributed by atoms with Gasteiger partial charge in [0.25, 0.3) is 0 Å². The highest BCUT2D eigenvalue weighted by atomic mass is 16.5. The second kappa shape index (κ2) is 3.37. The van der Waals surface area contributed by atoms with E-state index in [4.69, 9.17) is 9.47 Å². The van der Waals surface area contributed by atoms with Crippen LogP contribution in [0.15, 0.2) is 36.1 Å². The highest BCUT2D eigenvalue weighted by Gasteiger charge is 2.39. The maximum Gasteiger partial charge on any atom is 0.319 e. The van der Waals surface area contributed by atoms with Crippen LogP contribution in [0.2, 0.25) is 0 Å². The molecular weight excluding hydrogens is 204 g/mol. The molecule has 16 heavy (non-hydrogen) atoms. The molecule has 3 rings (SSSR count). The molecule has 82 valence electrons. The number of allylic oxidation sites excluding steroid dienone is 1. The number of para-hydroxylation sites is 1. The number of carbonyl (C=O) groups is 1. The highest BCUT2D eigenvalue weighted by Crippen LogP contribution is 2.41. The molecule has 2 aliphatic rings. The average Bonchev–Trinajstić information content (AvgIpc) is 2.28. The van der Waals surface area contributed by atoms with E-state index in [-0.39, 0.29) is 17.8 Å². The molecule has 0 saturated heterocycles. The van der Waals surface area contributed by atoms with E-state index in [1.165, 1.54) is 0 Å². The molecule has 0 N–H and O–H groups in total. The standard InChI is InChI=1S/C13H12O3/c1-8-6-9-7-15-11-5-3-2-4-10(11)12(9)13(14)16-8/h2-6,9,12H,7H2,1H3/t9-,12-/m0/s1. The molecule has 0 spiro atoms. The first-order chi connectivity index (χ1) is 7.75. The van der Waals surface area contributed by atoms with E-state index in [0.29, 0.717) is 12.4 Å². The van der Waals surface area contributed by atoms with Gasteiger partial charge in [0.2, 0.25) is 0 Å². The summed E-state index contributed by atoms with van der Waals surface area (Å²) in [7, 11) is 0. The third-order valence-electron chi connectivity index (χ3n) is 3.08. The van der Waals surface area contributed by atoms with Crippen molar-refractivity contribution in [3.8, 4) is 5.75 Å². The second-order valence-corrected chi connectivity index (χ2v) is 4.19. The fourth-order valence-corrected chi connectivity index (χ4v) is 2.39. The minimum atomic E-state index is -0.200. The molecule has 3 heteroatoms. The zero-order valence-electron chi connectivity index (χ0n) is 8.97. The number of esters is 1. The molecular formula is C13H12O3. The number of hydrogen-bond donors (Lipinski definition) is 0. The van der Waals surface area contributed by atoms with Crippen molar-refractivity contribution in [1.29, 1.82) is 0 Å². The molecule has 2 atom stereocenters. The molecule has 0 saturated carbocycles. The van der Waals surface area contributed by atoms with Gasteiger partial charge >= 0.3 is 5.97 Å². The van der Waals surface area contributed by atoms with Crippen LogP contribution in [0.3, 0.4) is 0 Å². The summed E-state index contributed by atoms with van der Waals surface area (Å²) in [5.74, 6) is 1.22. The lowest BCUT2D eigenvalue weighted by Gasteiger charge is -2.33. The van der Waals surface area contributed by atoms with Crippen molar-refractivity contribution in [3.63, 3.8) is 0 Å². The Morgan fingerprint density at radius 3 is 3.00 bits per heavy atom. The van der Waals surface area contributed by atoms with Crippen LogP contribution < -0.4 is 4.74 Å². The number of carbonyl (C=O) groups excluding carboxylic acids is 1. The van der Waals surface area contributed by atoms with Crippen LogP contribution in [-0.4, -0.2) is 12.6 Å². The summed E-state index contributed by atoms with van der Waals surface area (Å²) in [6.07, 6.45) is 1.97. The second-order valence-electron chi connectivity index (χ2n) is 4.19. The van der Waals surface area contributed by atoms with Gasteiger partial charge in [-0.25, -0.2) is 0 Å². The molecule has 3 nitrogen and oxygen atoms in total. The first kappa shape index (κ1) is 9.46. The topological polar surface area (TPSA) is 35.5 Å². The average molecular weight is 216 g/mol. The van der Waals surface area contributed by atoms with Gasteiger partial charge in [-0.15, -0.1) is 0 Å². The van der Waals surface area contributed by atoms with E-state index in [1.807, 2.05) is 30.3 Å². The van der Waals surface area contributed by atoms with Crippen molar-refractivity contribution in [3.05, 3.63) is 41.7 Å². The summed E-state index contributed by atoms with van der Waals surface area (Å²) < 4.78 is 10.8. The maximum atomic E-state index is 11.9. The van der Waals surface area contributed by atoms with Gasteiger partial charge < -0.3 is 9.47 Å². The fraction of sp³-hybridized carbons (Fsp3) is 0.308. The lowest BCUT2D eigenvalue weighted by molar-refractivity contribution is -0.144. The molecule has 0 aliphatic carbocycles. The van der Waals surface area contributed by atoms with Crippen LogP contribution in [0, 0.1) is 5.92 Å². The minimum Gasteiger partial charge on any atom is -0.493 e. The summed E-state index contributed by atoms with van der Waals surface area (Å²) in [6, 6.07) is 7.66. The van der Waals surface area contributed by atoms with Gasteiger partial charge in [0, 0.05) is 11.5 Å². The van der Waals surface area contributed by atoms with Crippen LogP contribution in [0.5, 0.6) is 5.75 Å². The van der Waals surface area contributed by atoms with Crippen molar-refractivity contribution in [2.24, 2.45) is 5.92 Å². The van der Waals surface area contributed by atoms with Gasteiger partial charge in [-0.3, -0.25) is 4.79 Å². The summed E-state index contributed by atoms with van der Waals surface area (Å²) >= 11 is 0. The molecule has 1 aromatic rings. The lowest BCUT2D eigenvalue weighted by atomic mass is 9.82. The molecule has 2 heterocycles. The Kier molecular flexibility index (Phi) is 1.99. The molecule has 0 amide bonds. The van der Waals surface area contributed by atoms with Crippen LogP contribution in [0.4, 0.5) is 0 Å². The van der Waals surface area contributed by atoms with E-state index in [0.717, 1.165) is 11.3 Å². The lowest BCUT2D eigenvalue weighted by Crippen LogP contribution is -2.34. The van der Waals surface area contributed by atoms with Crippen LogP contribution in [-0.2, 0) is 9.53 Å². The zero-order chi connectivity index (χ0) is 11.1. The number of rotatable bonds is 0. The monoisotopic (exact) mass is 216 g/mol. The highest BCUT2D eigenvalue weighted by molar-refractivity contribution is 5.82. The molecule has 0 aromatic heterocycles. The number of ether oxygens (including phenoxy) is 2. The summed E-state index contributed by atoms with van der Waals surface area (Å²) in [5, 5.41) is 0. The molecule has 0 bridgehead atoms. The smallest absolute Gasteiger partial charge is 0.319 e. The van der Waals surface area contributed by atoms with Gasteiger partial charge in [0.15, 0.2) is 0 Å². The SMILES string of the molecule is CC1=C[C@H]2COc3ccccc3[C@H]2C(=O)O1. The Morgan fingerprint density at radius 1 is 1.31 bits per heavy atom. The van der Waals surface area contributed by atoms with E-state index in [1.54, 1.807) is 6.92 Å². The molecule has 2 aliphatic heterocycles. The quantitative estimate of drug-likeness (QED) is 0.624. The fourth-order valence-electron chi connectivity index (χ4n) is 2.39. The van der Waals surface area contributed by atoms with E-state index < -0.39 is 0 Å². The Labute approximate surface area is 93.7 Å². The number of hydrogen-bond acceptors (Lipinski definition) is 3. The van der Waals surface area contributed by atoms with Crippen molar-refractivity contribution in [2.75, 3.05) is 6.61 Å². The van der Waals surface area contributed by atoms with Crippen molar-refractivity contribution in [1.82, 2.24) is 0 Å². The molecule has 0 unspecified atom stereocenters. The van der Waals surface area contributed by atoms with E-state index in [9.17, 15) is 4.79 Å². The summed E-state index contributed by atoms with van der Waals surface area (Å²) in [5.41, 5.74) is 0.938. The first-order valence-corrected chi connectivity index (χ1v) is 5.37. The number of fused-ring (bicyclic) bond motifs is 3. The third kappa shape index (κ3) is 1.32. The van der Waals surface area contributed by atoms with Gasteiger partial charge in [-0.05, 0) is 19.1 Å². The van der Waals surface area contributed by atoms with Crippen molar-refractivity contribution in [2.45, 2.75) is 12.8 Å². The number of cyclic esters (lactones) is 1. The summed E-state index contributed by atoms with van der Waals surface area (Å²) in [4.78, 5) is 11.9. The largest absolute Gasteiger partial charge is 0.493 e. The Balaban J connectivity index is 2.09. The van der Waals surface area contributed by atoms with Crippen molar-refractivity contribution >= 4 is 5.97 Å². The third-order valence-corrected chi connectivity index (χ3v) is 3.08. The predicted molar refractivity (Wildman–Crippen MR) is 58.0 cm³/mol.